The molecule has 0 aliphatic carbocycles. The fourth-order valence-corrected chi connectivity index (χ4v) is 0.666. The SMILES string of the molecule is CC1(O)N(O)C(=O)NC1(O)O. The van der Waals surface area contributed by atoms with E-state index in [0.29, 0.717) is 0 Å². The van der Waals surface area contributed by atoms with Gasteiger partial charge in [0.15, 0.2) is 0 Å². The molecule has 7 nitrogen and oxygen atoms in total. The summed E-state index contributed by atoms with van der Waals surface area (Å²) in [5.74, 6) is -2.83. The highest BCUT2D eigenvalue weighted by molar-refractivity contribution is 5.76. The van der Waals surface area contributed by atoms with Gasteiger partial charge in [0.2, 0.25) is 5.72 Å². The van der Waals surface area contributed by atoms with Crippen LogP contribution in [0.25, 0.3) is 0 Å². The number of nitrogens with one attached hydrogen (secondary N) is 1. The minimum atomic E-state index is -2.83. The lowest BCUT2D eigenvalue weighted by Crippen LogP contribution is -2.58. The Morgan fingerprint density at radius 1 is 1.45 bits per heavy atom. The third kappa shape index (κ3) is 0.862. The molecule has 5 N–H and O–H groups in total. The van der Waals surface area contributed by atoms with Gasteiger partial charge in [0.1, 0.15) is 0 Å². The predicted molar refractivity (Wildman–Crippen MR) is 29.9 cm³/mol. The molecule has 1 atom stereocenters. The van der Waals surface area contributed by atoms with Crippen molar-refractivity contribution in [1.82, 2.24) is 10.4 Å². The summed E-state index contributed by atoms with van der Waals surface area (Å²) in [4.78, 5) is 10.5. The van der Waals surface area contributed by atoms with Crippen molar-refractivity contribution < 1.29 is 25.3 Å². The summed E-state index contributed by atoms with van der Waals surface area (Å²) in [5, 5.41) is 36.8. The van der Waals surface area contributed by atoms with Crippen molar-refractivity contribution in [2.24, 2.45) is 0 Å². The number of hydrogen-bond acceptors (Lipinski definition) is 5. The van der Waals surface area contributed by atoms with Gasteiger partial charge in [-0.25, -0.2) is 4.79 Å². The average Bonchev–Trinajstić information content (AvgIpc) is 1.93. The highest BCUT2D eigenvalue weighted by atomic mass is 16.6. The lowest BCUT2D eigenvalue weighted by atomic mass is 10.2. The molecular formula is C4H8N2O5. The van der Waals surface area contributed by atoms with Crippen LogP contribution < -0.4 is 5.32 Å². The second kappa shape index (κ2) is 1.83. The molecule has 1 saturated heterocycles. The smallest absolute Gasteiger partial charge is 0.348 e. The van der Waals surface area contributed by atoms with Gasteiger partial charge >= 0.3 is 11.9 Å². The van der Waals surface area contributed by atoms with Crippen molar-refractivity contribution in [3.8, 4) is 0 Å². The average molecular weight is 164 g/mol. The summed E-state index contributed by atoms with van der Waals surface area (Å²) >= 11 is 0. The Morgan fingerprint density at radius 3 is 2.00 bits per heavy atom. The first-order chi connectivity index (χ1) is 4.79. The Bertz CT molecular complexity index is 201. The molecule has 1 aliphatic heterocycles. The molecule has 0 aromatic heterocycles. The van der Waals surface area contributed by atoms with Crippen LogP contribution in [0.4, 0.5) is 4.79 Å². The fourth-order valence-electron chi connectivity index (χ4n) is 0.666. The maximum Gasteiger partial charge on any atom is 0.348 e. The van der Waals surface area contributed by atoms with Gasteiger partial charge in [-0.1, -0.05) is 0 Å². The summed E-state index contributed by atoms with van der Waals surface area (Å²) in [6, 6.07) is -1.18. The van der Waals surface area contributed by atoms with E-state index in [0.717, 1.165) is 6.92 Å². The molecule has 1 unspecified atom stereocenters. The van der Waals surface area contributed by atoms with Crippen LogP contribution in [0.1, 0.15) is 6.92 Å². The number of rotatable bonds is 0. The maximum absolute atomic E-state index is 10.5. The van der Waals surface area contributed by atoms with Gasteiger partial charge in [0.25, 0.3) is 0 Å². The standard InChI is InChI=1S/C4H8N2O5/c1-3(8)4(9,10)5-2(7)6(3)11/h8-11H,1H3,(H,5,7). The monoisotopic (exact) mass is 164 g/mol. The molecule has 1 rings (SSSR count). The molecule has 0 aromatic carbocycles. The number of carbonyl (C=O) groups excluding carboxylic acids is 1. The van der Waals surface area contributed by atoms with Gasteiger partial charge in [-0.05, 0) is 6.92 Å². The Balaban J connectivity index is 3.01. The normalized spacial score (nSPS) is 35.7. The van der Waals surface area contributed by atoms with E-state index in [-0.39, 0.29) is 5.06 Å². The van der Waals surface area contributed by atoms with E-state index in [9.17, 15) is 4.79 Å². The Morgan fingerprint density at radius 2 is 1.91 bits per heavy atom. The predicted octanol–water partition coefficient (Wildman–Crippen LogP) is -2.25. The topological polar surface area (TPSA) is 113 Å². The zero-order valence-corrected chi connectivity index (χ0v) is 5.64. The minimum Gasteiger partial charge on any atom is -0.363 e. The van der Waals surface area contributed by atoms with Crippen LogP contribution in [0.15, 0.2) is 0 Å². The lowest BCUT2D eigenvalue weighted by Gasteiger charge is -2.29. The van der Waals surface area contributed by atoms with Gasteiger partial charge in [0, 0.05) is 0 Å². The first-order valence-corrected chi connectivity index (χ1v) is 2.77. The first kappa shape index (κ1) is 8.21. The number of hydrogen-bond donors (Lipinski definition) is 5. The van der Waals surface area contributed by atoms with Crippen LogP contribution in [0.3, 0.4) is 0 Å². The number of amides is 2. The Hall–Kier alpha value is -0.890. The van der Waals surface area contributed by atoms with Crippen LogP contribution in [-0.2, 0) is 0 Å². The number of urea groups is 1. The minimum absolute atomic E-state index is 0.201. The van der Waals surface area contributed by atoms with E-state index in [1.807, 2.05) is 0 Å². The van der Waals surface area contributed by atoms with Crippen LogP contribution in [0.2, 0.25) is 0 Å². The van der Waals surface area contributed by atoms with Crippen LogP contribution in [0, 0.1) is 0 Å². The van der Waals surface area contributed by atoms with Crippen molar-refractivity contribution in [1.29, 1.82) is 0 Å². The summed E-state index contributed by atoms with van der Waals surface area (Å²) in [6.45, 7) is 0.866. The molecule has 1 heterocycles. The van der Waals surface area contributed by atoms with Crippen LogP contribution in [0.5, 0.6) is 0 Å². The van der Waals surface area contributed by atoms with E-state index in [1.54, 1.807) is 0 Å². The van der Waals surface area contributed by atoms with Crippen molar-refractivity contribution >= 4 is 6.03 Å². The molecular weight excluding hydrogens is 156 g/mol. The van der Waals surface area contributed by atoms with E-state index in [2.05, 4.69) is 0 Å². The van der Waals surface area contributed by atoms with Crippen molar-refractivity contribution in [3.63, 3.8) is 0 Å². The summed E-state index contributed by atoms with van der Waals surface area (Å²) in [5.41, 5.74) is -2.44. The van der Waals surface area contributed by atoms with Gasteiger partial charge in [-0.3, -0.25) is 10.5 Å². The van der Waals surface area contributed by atoms with Crippen molar-refractivity contribution in [2.45, 2.75) is 18.6 Å². The summed E-state index contributed by atoms with van der Waals surface area (Å²) in [7, 11) is 0. The molecule has 7 heteroatoms. The second-order valence-electron chi connectivity index (χ2n) is 2.43. The van der Waals surface area contributed by atoms with E-state index >= 15 is 0 Å². The van der Waals surface area contributed by atoms with Crippen LogP contribution >= 0.6 is 0 Å². The molecule has 11 heavy (non-hydrogen) atoms. The molecule has 0 spiro atoms. The molecule has 1 aliphatic rings. The molecule has 64 valence electrons. The third-order valence-electron chi connectivity index (χ3n) is 1.55. The molecule has 0 saturated carbocycles. The highest BCUT2D eigenvalue weighted by Crippen LogP contribution is 2.26. The second-order valence-corrected chi connectivity index (χ2v) is 2.43. The molecule has 0 radical (unpaired) electrons. The maximum atomic E-state index is 10.5. The number of nitrogens with zero attached hydrogens (tertiary/aromatic N) is 1. The van der Waals surface area contributed by atoms with Crippen molar-refractivity contribution in [3.05, 3.63) is 0 Å². The number of aliphatic hydroxyl groups is 3. The highest BCUT2D eigenvalue weighted by Gasteiger charge is 2.59. The van der Waals surface area contributed by atoms with E-state index < -0.39 is 17.7 Å². The number of hydroxylamine groups is 2. The zero-order valence-electron chi connectivity index (χ0n) is 5.64. The quantitative estimate of drug-likeness (QED) is 0.205. The van der Waals surface area contributed by atoms with E-state index in [4.69, 9.17) is 20.5 Å². The molecule has 0 aromatic rings. The molecule has 0 bridgehead atoms. The van der Waals surface area contributed by atoms with Gasteiger partial charge < -0.3 is 15.3 Å². The third-order valence-corrected chi connectivity index (χ3v) is 1.55. The fraction of sp³-hybridized carbons (Fsp3) is 0.750. The summed E-state index contributed by atoms with van der Waals surface area (Å²) in [6.07, 6.45) is 0. The molecule has 2 amide bonds. The van der Waals surface area contributed by atoms with Gasteiger partial charge in [-0.2, -0.15) is 5.06 Å². The van der Waals surface area contributed by atoms with E-state index in [1.165, 1.54) is 5.32 Å². The van der Waals surface area contributed by atoms with Crippen LogP contribution in [-0.4, -0.2) is 43.3 Å². The van der Waals surface area contributed by atoms with Gasteiger partial charge in [0.05, 0.1) is 0 Å². The largest absolute Gasteiger partial charge is 0.363 e. The molecule has 1 fully saturated rings. The van der Waals surface area contributed by atoms with Crippen molar-refractivity contribution in [2.75, 3.05) is 0 Å². The zero-order chi connectivity index (χ0) is 8.86. The summed E-state index contributed by atoms with van der Waals surface area (Å²) < 4.78 is 0. The Labute approximate surface area is 61.4 Å². The lowest BCUT2D eigenvalue weighted by molar-refractivity contribution is -0.335. The first-order valence-electron chi connectivity index (χ1n) is 2.77. The Kier molecular flexibility index (Phi) is 1.36. The van der Waals surface area contributed by atoms with Gasteiger partial charge in [-0.15, -0.1) is 0 Å². The number of carbonyl (C=O) groups is 1.